The fraction of sp³-hybridized carbons (Fsp3) is 0.345. The van der Waals surface area contributed by atoms with E-state index < -0.39 is 35.7 Å². The highest BCUT2D eigenvalue weighted by Gasteiger charge is 2.48. The molecule has 4 rings (SSSR count). The Morgan fingerprint density at radius 1 is 0.850 bits per heavy atom. The van der Waals surface area contributed by atoms with Crippen molar-refractivity contribution in [2.24, 2.45) is 0 Å². The van der Waals surface area contributed by atoms with Crippen molar-refractivity contribution in [2.75, 3.05) is 0 Å². The molecule has 0 bridgehead atoms. The molecular weight excluding hydrogens is 522 g/mol. The summed E-state index contributed by atoms with van der Waals surface area (Å²) >= 11 is 0. The number of allylic oxidation sites excluding steroid dienone is 1. The van der Waals surface area contributed by atoms with Gasteiger partial charge in [0.1, 0.15) is 17.8 Å². The molecule has 0 aliphatic heterocycles. The third-order valence-corrected chi connectivity index (χ3v) is 6.72. The molecule has 2 aromatic carbocycles. The predicted octanol–water partition coefficient (Wildman–Crippen LogP) is 2.34. The van der Waals surface area contributed by atoms with E-state index in [1.54, 1.807) is 6.07 Å². The van der Waals surface area contributed by atoms with Crippen LogP contribution in [0.5, 0.6) is 23.0 Å². The second kappa shape index (κ2) is 12.1. The molecule has 2 aliphatic carbocycles. The molecule has 212 valence electrons. The number of nitrogens with one attached hydrogen (secondary N) is 1. The third kappa shape index (κ3) is 7.54. The van der Waals surface area contributed by atoms with E-state index in [2.05, 4.69) is 5.32 Å². The van der Waals surface area contributed by atoms with Gasteiger partial charge in [-0.3, -0.25) is 4.79 Å². The quantitative estimate of drug-likeness (QED) is 0.153. The van der Waals surface area contributed by atoms with E-state index in [9.17, 15) is 39.9 Å². The van der Waals surface area contributed by atoms with Gasteiger partial charge >= 0.3 is 11.9 Å². The average molecular weight is 554 g/mol. The van der Waals surface area contributed by atoms with E-state index in [0.717, 1.165) is 25.0 Å². The van der Waals surface area contributed by atoms with Crippen molar-refractivity contribution >= 4 is 23.9 Å². The molecule has 3 atom stereocenters. The fourth-order valence-corrected chi connectivity index (χ4v) is 4.31. The van der Waals surface area contributed by atoms with Crippen LogP contribution in [0.25, 0.3) is 6.08 Å². The summed E-state index contributed by atoms with van der Waals surface area (Å²) in [4.78, 5) is 37.9. The summed E-state index contributed by atoms with van der Waals surface area (Å²) in [6.45, 7) is 0. The lowest BCUT2D eigenvalue weighted by Crippen LogP contribution is -2.55. The zero-order chi connectivity index (χ0) is 28.9. The van der Waals surface area contributed by atoms with Gasteiger partial charge in [0.25, 0.3) is 5.91 Å². The Morgan fingerprint density at radius 3 is 2.17 bits per heavy atom. The standard InChI is InChI=1S/C29H31NO10/c31-20-9-4-17(14-22(20)33)2-1-3-26(35)40-25-16-29(38,28(37)30-19-7-8-19)13-12-24(25)39-27(36)11-6-18-5-10-21(32)23(34)15-18/h1,3-6,9-11,14-15,19,24-25,31-34,38H,2,7-8,12-13,16H2,(H,30,37)/b3-1+,11-6+/t24-,25-,29+/m1/s1. The number of esters is 2. The number of rotatable bonds is 9. The normalized spacial score (nSPS) is 22.7. The molecule has 0 aromatic heterocycles. The van der Waals surface area contributed by atoms with Gasteiger partial charge in [-0.25, -0.2) is 9.59 Å². The van der Waals surface area contributed by atoms with Gasteiger partial charge in [-0.05, 0) is 73.6 Å². The number of phenols is 4. The summed E-state index contributed by atoms with van der Waals surface area (Å²) in [5.74, 6) is -3.32. The Labute approximate surface area is 230 Å². The summed E-state index contributed by atoms with van der Waals surface area (Å²) in [6, 6.07) is 8.27. The topological polar surface area (TPSA) is 183 Å². The maximum atomic E-state index is 12.7. The van der Waals surface area contributed by atoms with Gasteiger partial charge in [0, 0.05) is 24.6 Å². The molecule has 0 spiro atoms. The number of aliphatic hydroxyl groups is 1. The van der Waals surface area contributed by atoms with Crippen molar-refractivity contribution in [1.29, 1.82) is 0 Å². The van der Waals surface area contributed by atoms with Crippen LogP contribution in [0.15, 0.2) is 54.6 Å². The molecule has 0 radical (unpaired) electrons. The van der Waals surface area contributed by atoms with Crippen LogP contribution >= 0.6 is 0 Å². The Balaban J connectivity index is 1.42. The molecule has 2 fully saturated rings. The number of ether oxygens (including phenoxy) is 2. The van der Waals surface area contributed by atoms with Crippen LogP contribution in [0.3, 0.4) is 0 Å². The first-order valence-corrected chi connectivity index (χ1v) is 12.8. The van der Waals surface area contributed by atoms with Crippen molar-refractivity contribution in [3.8, 4) is 23.0 Å². The van der Waals surface area contributed by atoms with Crippen molar-refractivity contribution in [3.05, 3.63) is 65.8 Å². The van der Waals surface area contributed by atoms with Crippen LogP contribution in [0, 0.1) is 0 Å². The molecule has 0 saturated heterocycles. The summed E-state index contributed by atoms with van der Waals surface area (Å²) in [7, 11) is 0. The number of carbonyl (C=O) groups is 3. The van der Waals surface area contributed by atoms with Crippen molar-refractivity contribution < 1.29 is 49.4 Å². The number of phenolic OH excluding ortho intramolecular Hbond substituents is 4. The van der Waals surface area contributed by atoms with E-state index in [1.165, 1.54) is 42.5 Å². The Kier molecular flexibility index (Phi) is 8.64. The summed E-state index contributed by atoms with van der Waals surface area (Å²) in [5.41, 5.74) is -0.746. The number of amides is 1. The second-order valence-corrected chi connectivity index (χ2v) is 9.98. The van der Waals surface area contributed by atoms with E-state index >= 15 is 0 Å². The van der Waals surface area contributed by atoms with Gasteiger partial charge in [-0.15, -0.1) is 0 Å². The summed E-state index contributed by atoms with van der Waals surface area (Å²) in [5, 5.41) is 51.9. The number of carbonyl (C=O) groups excluding carboxylic acids is 3. The van der Waals surface area contributed by atoms with E-state index in [-0.39, 0.29) is 54.7 Å². The minimum absolute atomic E-state index is 0.00666. The molecular formula is C29H31NO10. The van der Waals surface area contributed by atoms with Gasteiger partial charge < -0.3 is 40.3 Å². The number of aromatic hydroxyl groups is 4. The van der Waals surface area contributed by atoms with Crippen molar-refractivity contribution in [3.63, 3.8) is 0 Å². The first-order chi connectivity index (χ1) is 19.0. The van der Waals surface area contributed by atoms with Gasteiger partial charge in [0.05, 0.1) is 0 Å². The van der Waals surface area contributed by atoms with E-state index in [1.807, 2.05) is 0 Å². The highest BCUT2D eigenvalue weighted by molar-refractivity contribution is 5.88. The lowest BCUT2D eigenvalue weighted by molar-refractivity contribution is -0.180. The molecule has 0 unspecified atom stereocenters. The molecule has 11 nitrogen and oxygen atoms in total. The minimum Gasteiger partial charge on any atom is -0.504 e. The Hall–Kier alpha value is -4.51. The molecule has 11 heteroatoms. The van der Waals surface area contributed by atoms with E-state index in [0.29, 0.717) is 11.1 Å². The lowest BCUT2D eigenvalue weighted by Gasteiger charge is -2.39. The van der Waals surface area contributed by atoms with Crippen LogP contribution in [0.1, 0.15) is 43.2 Å². The zero-order valence-corrected chi connectivity index (χ0v) is 21.5. The van der Waals surface area contributed by atoms with Crippen LogP contribution in [-0.4, -0.2) is 67.2 Å². The molecule has 40 heavy (non-hydrogen) atoms. The maximum Gasteiger partial charge on any atom is 0.331 e. The van der Waals surface area contributed by atoms with Crippen LogP contribution in [0.2, 0.25) is 0 Å². The van der Waals surface area contributed by atoms with Crippen LogP contribution in [-0.2, 0) is 30.3 Å². The first kappa shape index (κ1) is 28.5. The number of hydrogen-bond acceptors (Lipinski definition) is 10. The van der Waals surface area contributed by atoms with Crippen molar-refractivity contribution in [2.45, 2.75) is 62.4 Å². The van der Waals surface area contributed by atoms with Crippen LogP contribution in [0.4, 0.5) is 0 Å². The Bertz CT molecular complexity index is 1330. The molecule has 0 heterocycles. The van der Waals surface area contributed by atoms with Gasteiger partial charge in [0.2, 0.25) is 0 Å². The first-order valence-electron chi connectivity index (χ1n) is 12.8. The third-order valence-electron chi connectivity index (χ3n) is 6.72. The fourth-order valence-electron chi connectivity index (χ4n) is 4.31. The highest BCUT2D eigenvalue weighted by atomic mass is 16.6. The number of benzene rings is 2. The lowest BCUT2D eigenvalue weighted by atomic mass is 9.80. The van der Waals surface area contributed by atoms with Gasteiger partial charge in [-0.2, -0.15) is 0 Å². The van der Waals surface area contributed by atoms with E-state index in [4.69, 9.17) is 9.47 Å². The maximum absolute atomic E-state index is 12.7. The average Bonchev–Trinajstić information content (AvgIpc) is 3.72. The minimum atomic E-state index is -1.80. The second-order valence-electron chi connectivity index (χ2n) is 9.98. The molecule has 2 aromatic rings. The highest BCUT2D eigenvalue weighted by Crippen LogP contribution is 2.34. The smallest absolute Gasteiger partial charge is 0.331 e. The SMILES string of the molecule is O=C(/C=C/c1ccc(O)c(O)c1)O[C@@H]1CC[C@@](O)(C(=O)NC2CC2)C[C@H]1OC(=O)/C=C/Cc1ccc(O)c(O)c1. The molecule has 1 amide bonds. The molecule has 2 saturated carbocycles. The summed E-state index contributed by atoms with van der Waals surface area (Å²) < 4.78 is 11.0. The monoisotopic (exact) mass is 553 g/mol. The van der Waals surface area contributed by atoms with Gasteiger partial charge in [0.15, 0.2) is 23.0 Å². The molecule has 2 aliphatic rings. The zero-order valence-electron chi connectivity index (χ0n) is 21.5. The molecule has 6 N–H and O–H groups in total. The largest absolute Gasteiger partial charge is 0.504 e. The Morgan fingerprint density at radius 2 is 1.50 bits per heavy atom. The summed E-state index contributed by atoms with van der Waals surface area (Å²) in [6.07, 6.45) is 4.74. The number of hydrogen-bond donors (Lipinski definition) is 6. The van der Waals surface area contributed by atoms with Gasteiger partial charge in [-0.1, -0.05) is 18.2 Å². The van der Waals surface area contributed by atoms with Crippen LogP contribution < -0.4 is 5.32 Å². The predicted molar refractivity (Wildman–Crippen MR) is 141 cm³/mol. The van der Waals surface area contributed by atoms with Crippen molar-refractivity contribution in [1.82, 2.24) is 5.32 Å².